The molecule has 0 fully saturated rings. The molecule has 2 atom stereocenters. The highest BCUT2D eigenvalue weighted by molar-refractivity contribution is 5.33. The Balaban J connectivity index is 2.19. The van der Waals surface area contributed by atoms with Gasteiger partial charge in [0.25, 0.3) is 0 Å². The number of rotatable bonds is 4. The van der Waals surface area contributed by atoms with Gasteiger partial charge in [0.15, 0.2) is 0 Å². The van der Waals surface area contributed by atoms with Crippen LogP contribution in [0.5, 0.6) is 0 Å². The van der Waals surface area contributed by atoms with E-state index in [4.69, 9.17) is 4.74 Å². The van der Waals surface area contributed by atoms with Crippen molar-refractivity contribution >= 4 is 0 Å². The van der Waals surface area contributed by atoms with Crippen LogP contribution < -0.4 is 0 Å². The van der Waals surface area contributed by atoms with Crippen LogP contribution in [-0.4, -0.2) is 7.11 Å². The molecule has 0 spiro atoms. The number of hydrogen-bond acceptors (Lipinski definition) is 1. The lowest BCUT2D eigenvalue weighted by atomic mass is 9.92. The average Bonchev–Trinajstić information content (AvgIpc) is 2.47. The van der Waals surface area contributed by atoms with Gasteiger partial charge in [-0.2, -0.15) is 0 Å². The molecular weight excluding hydrogens is 220 g/mol. The predicted molar refractivity (Wildman–Crippen MR) is 75.8 cm³/mol. The summed E-state index contributed by atoms with van der Waals surface area (Å²) in [5.41, 5.74) is 3.92. The molecule has 2 unspecified atom stereocenters. The molecule has 2 aromatic rings. The Bertz CT molecular complexity index is 473. The van der Waals surface area contributed by atoms with Gasteiger partial charge in [-0.15, -0.1) is 0 Å². The van der Waals surface area contributed by atoms with Crippen LogP contribution >= 0.6 is 0 Å². The maximum absolute atomic E-state index is 5.32. The molecule has 0 N–H and O–H groups in total. The largest absolute Gasteiger partial charge is 0.377 e. The highest BCUT2D eigenvalue weighted by Gasteiger charge is 2.09. The number of methoxy groups -OCH3 is 1. The summed E-state index contributed by atoms with van der Waals surface area (Å²) < 4.78 is 5.32. The minimum Gasteiger partial charge on any atom is -0.377 e. The van der Waals surface area contributed by atoms with Gasteiger partial charge in [-0.05, 0) is 23.6 Å². The molecule has 2 rings (SSSR count). The van der Waals surface area contributed by atoms with Gasteiger partial charge in [-0.3, -0.25) is 0 Å². The fourth-order valence-electron chi connectivity index (χ4n) is 2.13. The van der Waals surface area contributed by atoms with E-state index in [2.05, 4.69) is 68.4 Å². The molecule has 18 heavy (non-hydrogen) atoms. The van der Waals surface area contributed by atoms with Gasteiger partial charge in [-0.25, -0.2) is 0 Å². The van der Waals surface area contributed by atoms with Gasteiger partial charge in [-0.1, -0.05) is 61.5 Å². The molecular formula is C17H20O. The molecule has 1 nitrogen and oxygen atoms in total. The summed E-state index contributed by atoms with van der Waals surface area (Å²) in [5.74, 6) is 0.429. The molecule has 0 bridgehead atoms. The lowest BCUT2D eigenvalue weighted by Gasteiger charge is -2.15. The molecule has 0 aliphatic rings. The van der Waals surface area contributed by atoms with Crippen molar-refractivity contribution in [1.29, 1.82) is 0 Å². The van der Waals surface area contributed by atoms with Crippen LogP contribution in [0.15, 0.2) is 54.6 Å². The van der Waals surface area contributed by atoms with E-state index in [9.17, 15) is 0 Å². The standard InChI is InChI=1S/C17H20O/c1-13(15-7-5-4-6-8-15)16-9-11-17(12-10-16)14(2)18-3/h4-14H,1-3H3. The smallest absolute Gasteiger partial charge is 0.0793 e. The van der Waals surface area contributed by atoms with Gasteiger partial charge in [0.1, 0.15) is 0 Å². The maximum atomic E-state index is 5.32. The monoisotopic (exact) mass is 240 g/mol. The molecule has 2 aromatic carbocycles. The van der Waals surface area contributed by atoms with E-state index >= 15 is 0 Å². The number of benzene rings is 2. The second kappa shape index (κ2) is 5.83. The second-order valence-electron chi connectivity index (χ2n) is 4.68. The molecule has 0 aromatic heterocycles. The third-order valence-electron chi connectivity index (χ3n) is 3.56. The summed E-state index contributed by atoms with van der Waals surface area (Å²) in [6, 6.07) is 19.3. The maximum Gasteiger partial charge on any atom is 0.0793 e. The lowest BCUT2D eigenvalue weighted by molar-refractivity contribution is 0.119. The van der Waals surface area contributed by atoms with Gasteiger partial charge in [0.2, 0.25) is 0 Å². The third kappa shape index (κ3) is 2.80. The minimum atomic E-state index is 0.158. The average molecular weight is 240 g/mol. The van der Waals surface area contributed by atoms with Crippen LogP contribution in [0, 0.1) is 0 Å². The topological polar surface area (TPSA) is 9.23 Å². The molecule has 94 valence electrons. The predicted octanol–water partition coefficient (Wildman–Crippen LogP) is 4.55. The molecule has 0 aliphatic heterocycles. The van der Waals surface area contributed by atoms with E-state index < -0.39 is 0 Å². The van der Waals surface area contributed by atoms with Gasteiger partial charge in [0.05, 0.1) is 6.10 Å². The fourth-order valence-corrected chi connectivity index (χ4v) is 2.13. The van der Waals surface area contributed by atoms with Crippen molar-refractivity contribution in [1.82, 2.24) is 0 Å². The van der Waals surface area contributed by atoms with Crippen molar-refractivity contribution < 1.29 is 4.74 Å². The molecule has 1 heteroatoms. The summed E-state index contributed by atoms with van der Waals surface area (Å²) in [7, 11) is 1.74. The molecule has 0 saturated carbocycles. The van der Waals surface area contributed by atoms with E-state index in [1.54, 1.807) is 7.11 Å². The first-order valence-electron chi connectivity index (χ1n) is 6.40. The van der Waals surface area contributed by atoms with Crippen LogP contribution in [0.2, 0.25) is 0 Å². The van der Waals surface area contributed by atoms with Crippen LogP contribution in [0.1, 0.15) is 42.6 Å². The molecule has 0 aliphatic carbocycles. The molecule has 0 heterocycles. The molecule has 0 radical (unpaired) electrons. The van der Waals surface area contributed by atoms with Crippen LogP contribution in [0.25, 0.3) is 0 Å². The second-order valence-corrected chi connectivity index (χ2v) is 4.68. The highest BCUT2D eigenvalue weighted by Crippen LogP contribution is 2.25. The van der Waals surface area contributed by atoms with E-state index in [1.807, 2.05) is 0 Å². The number of hydrogen-bond donors (Lipinski definition) is 0. The first-order valence-corrected chi connectivity index (χ1v) is 6.40. The fraction of sp³-hybridized carbons (Fsp3) is 0.294. The third-order valence-corrected chi connectivity index (χ3v) is 3.56. The SMILES string of the molecule is COC(C)c1ccc(C(C)c2ccccc2)cc1. The summed E-state index contributed by atoms with van der Waals surface area (Å²) >= 11 is 0. The number of ether oxygens (including phenoxy) is 1. The Morgan fingerprint density at radius 3 is 1.78 bits per heavy atom. The summed E-state index contributed by atoms with van der Waals surface area (Å²) in [4.78, 5) is 0. The molecule has 0 saturated heterocycles. The van der Waals surface area contributed by atoms with Crippen molar-refractivity contribution in [2.75, 3.05) is 7.11 Å². The van der Waals surface area contributed by atoms with Gasteiger partial charge in [0, 0.05) is 13.0 Å². The molecule has 0 amide bonds. The Labute approximate surface area is 109 Å². The normalized spacial score (nSPS) is 14.2. The van der Waals surface area contributed by atoms with Crippen molar-refractivity contribution in [2.45, 2.75) is 25.9 Å². The zero-order valence-corrected chi connectivity index (χ0v) is 11.3. The van der Waals surface area contributed by atoms with Crippen molar-refractivity contribution in [3.8, 4) is 0 Å². The van der Waals surface area contributed by atoms with E-state index in [0.717, 1.165) is 0 Å². The van der Waals surface area contributed by atoms with Crippen LogP contribution in [0.4, 0.5) is 0 Å². The van der Waals surface area contributed by atoms with E-state index in [1.165, 1.54) is 16.7 Å². The van der Waals surface area contributed by atoms with Gasteiger partial charge >= 0.3 is 0 Å². The lowest BCUT2D eigenvalue weighted by Crippen LogP contribution is -1.98. The summed E-state index contributed by atoms with van der Waals surface area (Å²) in [5, 5.41) is 0. The Hall–Kier alpha value is -1.60. The Morgan fingerprint density at radius 1 is 0.722 bits per heavy atom. The van der Waals surface area contributed by atoms with E-state index in [0.29, 0.717) is 5.92 Å². The van der Waals surface area contributed by atoms with Crippen molar-refractivity contribution in [3.05, 3.63) is 71.3 Å². The van der Waals surface area contributed by atoms with Crippen molar-refractivity contribution in [2.24, 2.45) is 0 Å². The zero-order chi connectivity index (χ0) is 13.0. The first-order chi connectivity index (χ1) is 8.72. The Kier molecular flexibility index (Phi) is 4.16. The van der Waals surface area contributed by atoms with E-state index in [-0.39, 0.29) is 6.10 Å². The summed E-state index contributed by atoms with van der Waals surface area (Å²) in [6.07, 6.45) is 0.158. The van der Waals surface area contributed by atoms with Crippen molar-refractivity contribution in [3.63, 3.8) is 0 Å². The minimum absolute atomic E-state index is 0.158. The summed E-state index contributed by atoms with van der Waals surface area (Å²) in [6.45, 7) is 4.31. The van der Waals surface area contributed by atoms with Crippen LogP contribution in [-0.2, 0) is 4.74 Å². The zero-order valence-electron chi connectivity index (χ0n) is 11.3. The van der Waals surface area contributed by atoms with Crippen LogP contribution in [0.3, 0.4) is 0 Å². The highest BCUT2D eigenvalue weighted by atomic mass is 16.5. The van der Waals surface area contributed by atoms with Gasteiger partial charge < -0.3 is 4.74 Å². The first kappa shape index (κ1) is 12.8. The quantitative estimate of drug-likeness (QED) is 0.762. The Morgan fingerprint density at radius 2 is 1.22 bits per heavy atom.